The molecule has 8 nitrogen and oxygen atoms in total. The number of pyridine rings is 1. The molecule has 1 saturated heterocycles. The Balaban J connectivity index is 2.02. The Morgan fingerprint density at radius 1 is 1.16 bits per heavy atom. The van der Waals surface area contributed by atoms with Crippen LogP contribution >= 0.6 is 0 Å². The molecular weight excluding hydrogens is 318 g/mol. The number of hydrogen-bond donors (Lipinski definition) is 2. The van der Waals surface area contributed by atoms with E-state index in [1.54, 1.807) is 19.2 Å². The lowest BCUT2D eigenvalue weighted by Gasteiger charge is -2.36. The van der Waals surface area contributed by atoms with Crippen molar-refractivity contribution in [3.05, 3.63) is 24.0 Å². The number of nitrogens with two attached hydrogens (primary N) is 2. The van der Waals surface area contributed by atoms with Crippen LogP contribution in [0.3, 0.4) is 0 Å². The fourth-order valence-corrected chi connectivity index (χ4v) is 3.08. The van der Waals surface area contributed by atoms with Crippen molar-refractivity contribution in [2.75, 3.05) is 42.5 Å². The summed E-state index contributed by atoms with van der Waals surface area (Å²) in [4.78, 5) is 28.7. The molecule has 132 valence electrons. The van der Waals surface area contributed by atoms with Crippen molar-refractivity contribution >= 4 is 23.5 Å². The van der Waals surface area contributed by atoms with Crippen LogP contribution in [0.1, 0.15) is 19.5 Å². The molecule has 0 aliphatic carbocycles. The first kappa shape index (κ1) is 16.9. The van der Waals surface area contributed by atoms with Crippen molar-refractivity contribution in [1.82, 2.24) is 19.9 Å². The van der Waals surface area contributed by atoms with Crippen molar-refractivity contribution in [2.24, 2.45) is 0 Å². The van der Waals surface area contributed by atoms with Crippen LogP contribution in [0, 0.1) is 0 Å². The Hall–Kier alpha value is -2.90. The van der Waals surface area contributed by atoms with E-state index in [-0.39, 0.29) is 11.9 Å². The molecule has 0 unspecified atom stereocenters. The smallest absolute Gasteiger partial charge is 0.222 e. The zero-order chi connectivity index (χ0) is 18.0. The van der Waals surface area contributed by atoms with Gasteiger partial charge >= 0.3 is 0 Å². The number of rotatable bonds is 3. The van der Waals surface area contributed by atoms with Gasteiger partial charge in [0.15, 0.2) is 0 Å². The van der Waals surface area contributed by atoms with Crippen molar-refractivity contribution < 1.29 is 4.79 Å². The first-order chi connectivity index (χ1) is 12.0. The summed E-state index contributed by atoms with van der Waals surface area (Å²) >= 11 is 0. The summed E-state index contributed by atoms with van der Waals surface area (Å²) in [6.45, 7) is 6.37. The Bertz CT molecular complexity index is 767. The van der Waals surface area contributed by atoms with Crippen LogP contribution in [0.5, 0.6) is 0 Å². The Morgan fingerprint density at radius 3 is 2.44 bits per heavy atom. The molecular formula is C17H23N7O. The zero-order valence-electron chi connectivity index (χ0n) is 14.6. The molecule has 0 aromatic carbocycles. The van der Waals surface area contributed by atoms with Crippen molar-refractivity contribution in [3.63, 3.8) is 0 Å². The predicted octanol–water partition coefficient (Wildman–Crippen LogP) is 0.934. The van der Waals surface area contributed by atoms with Gasteiger partial charge < -0.3 is 21.3 Å². The number of piperazine rings is 1. The number of nitrogens with zero attached hydrogens (tertiary/aromatic N) is 5. The lowest BCUT2D eigenvalue weighted by molar-refractivity contribution is -0.129. The largest absolute Gasteiger partial charge is 0.384 e. The summed E-state index contributed by atoms with van der Waals surface area (Å²) in [5.74, 6) is 1.61. The molecule has 0 spiro atoms. The Kier molecular flexibility index (Phi) is 4.69. The number of amides is 1. The van der Waals surface area contributed by atoms with Crippen LogP contribution in [0.4, 0.5) is 17.6 Å². The maximum absolute atomic E-state index is 11.6. The predicted molar refractivity (Wildman–Crippen MR) is 97.9 cm³/mol. The minimum atomic E-state index is 0.0963. The van der Waals surface area contributed by atoms with Gasteiger partial charge in [-0.05, 0) is 18.6 Å². The van der Waals surface area contributed by atoms with E-state index in [0.717, 1.165) is 29.1 Å². The number of hydrogen-bond acceptors (Lipinski definition) is 7. The molecule has 0 atom stereocenters. The van der Waals surface area contributed by atoms with E-state index < -0.39 is 0 Å². The van der Waals surface area contributed by atoms with E-state index in [9.17, 15) is 4.79 Å². The Labute approximate surface area is 146 Å². The quantitative estimate of drug-likeness (QED) is 0.853. The van der Waals surface area contributed by atoms with E-state index in [2.05, 4.69) is 19.9 Å². The second kappa shape index (κ2) is 6.92. The monoisotopic (exact) mass is 341 g/mol. The summed E-state index contributed by atoms with van der Waals surface area (Å²) in [5.41, 5.74) is 14.4. The highest BCUT2D eigenvalue weighted by Crippen LogP contribution is 2.33. The van der Waals surface area contributed by atoms with Crippen LogP contribution in [0.15, 0.2) is 18.3 Å². The third kappa shape index (κ3) is 3.47. The fraction of sp³-hybridized carbons (Fsp3) is 0.412. The number of carbonyl (C=O) groups is 1. The van der Waals surface area contributed by atoms with Crippen LogP contribution in [0.2, 0.25) is 0 Å². The van der Waals surface area contributed by atoms with E-state index in [1.165, 1.54) is 0 Å². The molecule has 2 aromatic rings. The van der Waals surface area contributed by atoms with Crippen molar-refractivity contribution in [1.29, 1.82) is 0 Å². The molecule has 0 saturated carbocycles. The first-order valence-electron chi connectivity index (χ1n) is 8.38. The first-order valence-corrected chi connectivity index (χ1v) is 8.38. The second-order valence-electron chi connectivity index (χ2n) is 6.05. The highest BCUT2D eigenvalue weighted by molar-refractivity contribution is 5.79. The summed E-state index contributed by atoms with van der Waals surface area (Å²) in [5, 5.41) is 0. The lowest BCUT2D eigenvalue weighted by atomic mass is 10.0. The van der Waals surface area contributed by atoms with Crippen molar-refractivity contribution in [3.8, 4) is 11.1 Å². The molecule has 1 fully saturated rings. The molecule has 2 aromatic heterocycles. The summed E-state index contributed by atoms with van der Waals surface area (Å²) in [7, 11) is 0. The normalized spacial score (nSPS) is 14.6. The fourth-order valence-electron chi connectivity index (χ4n) is 3.08. The average Bonchev–Trinajstić information content (AvgIpc) is 2.62. The molecule has 0 bridgehead atoms. The molecule has 1 aliphatic heterocycles. The highest BCUT2D eigenvalue weighted by Gasteiger charge is 2.24. The molecule has 0 radical (unpaired) electrons. The van der Waals surface area contributed by atoms with Crippen LogP contribution in [-0.2, 0) is 11.2 Å². The third-order valence-corrected chi connectivity index (χ3v) is 4.42. The average molecular weight is 341 g/mol. The number of aromatic nitrogens is 3. The standard InChI is InChI=1S/C17H23N7O/c1-3-13-15(12-4-5-14(18)20-10-12)16(22-17(19)21-13)24-8-6-23(7-9-24)11(2)25/h4-5,10H,3,6-9H2,1-2H3,(H2,18,20)(H2,19,21,22). The maximum Gasteiger partial charge on any atom is 0.222 e. The number of carbonyl (C=O) groups excluding carboxylic acids is 1. The number of aryl methyl sites for hydroxylation is 1. The second-order valence-corrected chi connectivity index (χ2v) is 6.05. The van der Waals surface area contributed by atoms with Gasteiger partial charge in [0.25, 0.3) is 0 Å². The molecule has 1 amide bonds. The number of nitrogen functional groups attached to an aromatic ring is 2. The van der Waals surface area contributed by atoms with E-state index in [1.807, 2.05) is 17.9 Å². The SMILES string of the molecule is CCc1nc(N)nc(N2CCN(C(C)=O)CC2)c1-c1ccc(N)nc1. The van der Waals surface area contributed by atoms with E-state index >= 15 is 0 Å². The van der Waals surface area contributed by atoms with Crippen LogP contribution in [-0.4, -0.2) is 51.9 Å². The Morgan fingerprint density at radius 2 is 1.88 bits per heavy atom. The molecule has 4 N–H and O–H groups in total. The zero-order valence-corrected chi connectivity index (χ0v) is 14.6. The van der Waals surface area contributed by atoms with Gasteiger partial charge in [-0.2, -0.15) is 4.98 Å². The summed E-state index contributed by atoms with van der Waals surface area (Å²) in [6.07, 6.45) is 2.46. The lowest BCUT2D eigenvalue weighted by Crippen LogP contribution is -2.48. The van der Waals surface area contributed by atoms with E-state index in [4.69, 9.17) is 11.5 Å². The molecule has 25 heavy (non-hydrogen) atoms. The molecule has 8 heteroatoms. The number of anilines is 3. The molecule has 1 aliphatic rings. The van der Waals surface area contributed by atoms with Gasteiger partial charge in [-0.15, -0.1) is 0 Å². The third-order valence-electron chi connectivity index (χ3n) is 4.42. The maximum atomic E-state index is 11.6. The van der Waals surface area contributed by atoms with Crippen molar-refractivity contribution in [2.45, 2.75) is 20.3 Å². The highest BCUT2D eigenvalue weighted by atomic mass is 16.2. The molecule has 3 heterocycles. The van der Waals surface area contributed by atoms with Gasteiger partial charge in [-0.1, -0.05) is 6.92 Å². The van der Waals surface area contributed by atoms with Gasteiger partial charge in [-0.25, -0.2) is 9.97 Å². The van der Waals surface area contributed by atoms with Gasteiger partial charge in [0, 0.05) is 50.4 Å². The summed E-state index contributed by atoms with van der Waals surface area (Å²) < 4.78 is 0. The molecule has 3 rings (SSSR count). The van der Waals surface area contributed by atoms with Gasteiger partial charge in [0.1, 0.15) is 11.6 Å². The minimum Gasteiger partial charge on any atom is -0.384 e. The van der Waals surface area contributed by atoms with Gasteiger partial charge in [0.05, 0.1) is 5.69 Å². The van der Waals surface area contributed by atoms with Crippen LogP contribution < -0.4 is 16.4 Å². The summed E-state index contributed by atoms with van der Waals surface area (Å²) in [6, 6.07) is 3.69. The van der Waals surface area contributed by atoms with Gasteiger partial charge in [-0.3, -0.25) is 4.79 Å². The van der Waals surface area contributed by atoms with E-state index in [0.29, 0.717) is 32.0 Å². The van der Waals surface area contributed by atoms with Gasteiger partial charge in [0.2, 0.25) is 11.9 Å². The van der Waals surface area contributed by atoms with Crippen LogP contribution in [0.25, 0.3) is 11.1 Å². The topological polar surface area (TPSA) is 114 Å². The minimum absolute atomic E-state index is 0.0963.